The number of likely N-dealkylation sites (N-methyl/N-ethyl adjacent to an activating group) is 2. The summed E-state index contributed by atoms with van der Waals surface area (Å²) in [6, 6.07) is 9.78. The van der Waals surface area contributed by atoms with Gasteiger partial charge in [0, 0.05) is 32.2 Å². The average molecular weight is 668 g/mol. The van der Waals surface area contributed by atoms with E-state index in [-0.39, 0.29) is 81.2 Å². The molecule has 0 unspecified atom stereocenters. The number of hydroxylamine groups is 6. The van der Waals surface area contributed by atoms with E-state index in [1.807, 2.05) is 61.2 Å². The lowest BCUT2D eigenvalue weighted by Gasteiger charge is -2.20. The van der Waals surface area contributed by atoms with Crippen LogP contribution in [0.15, 0.2) is 30.3 Å². The smallest absolute Gasteiger partial charge is 0.260 e. The molecule has 14 nitrogen and oxygen atoms in total. The van der Waals surface area contributed by atoms with Gasteiger partial charge in [-0.1, -0.05) is 50.6 Å². The molecule has 0 spiro atoms. The first-order chi connectivity index (χ1) is 22.0. The second-order valence-corrected chi connectivity index (χ2v) is 11.4. The van der Waals surface area contributed by atoms with Crippen LogP contribution in [-0.2, 0) is 35.3 Å². The number of Topliss-reactive ketones (excluding diaryl/α,β-unsaturated/α-hetero) is 3. The van der Waals surface area contributed by atoms with Crippen LogP contribution in [0.4, 0.5) is 0 Å². The van der Waals surface area contributed by atoms with Crippen LogP contribution in [0.3, 0.4) is 0 Å². The zero-order chi connectivity index (χ0) is 36.4. The molecular formula is C33H57N5O9. The zero-order valence-corrected chi connectivity index (χ0v) is 29.3. The molecule has 14 heteroatoms. The molecule has 0 atom stereocenters. The van der Waals surface area contributed by atoms with Crippen LogP contribution in [0.1, 0.15) is 85.1 Å². The second kappa shape index (κ2) is 27.5. The third-order valence-corrected chi connectivity index (χ3v) is 6.35. The van der Waals surface area contributed by atoms with Crippen molar-refractivity contribution in [1.29, 1.82) is 0 Å². The summed E-state index contributed by atoms with van der Waals surface area (Å²) in [5, 5.41) is 29.7. The van der Waals surface area contributed by atoms with Crippen molar-refractivity contribution in [2.45, 2.75) is 86.1 Å². The Morgan fingerprint density at radius 1 is 0.553 bits per heavy atom. The lowest BCUT2D eigenvalue weighted by Crippen LogP contribution is -2.38. The van der Waals surface area contributed by atoms with Gasteiger partial charge in [0.15, 0.2) is 0 Å². The molecule has 0 aliphatic carbocycles. The minimum absolute atomic E-state index is 0.0293. The fourth-order valence-corrected chi connectivity index (χ4v) is 3.59. The van der Waals surface area contributed by atoms with Crippen LogP contribution < -0.4 is 0 Å². The maximum atomic E-state index is 11.7. The Labute approximate surface area is 279 Å². The predicted molar refractivity (Wildman–Crippen MR) is 176 cm³/mol. The van der Waals surface area contributed by atoms with E-state index >= 15 is 0 Å². The van der Waals surface area contributed by atoms with Gasteiger partial charge in [0.2, 0.25) is 5.91 Å². The van der Waals surface area contributed by atoms with E-state index in [9.17, 15) is 39.2 Å². The Balaban J connectivity index is 0. The molecule has 47 heavy (non-hydrogen) atoms. The van der Waals surface area contributed by atoms with Crippen molar-refractivity contribution in [3.63, 3.8) is 0 Å². The maximum Gasteiger partial charge on any atom is 0.260 e. The summed E-state index contributed by atoms with van der Waals surface area (Å²) in [4.78, 5) is 69.7. The molecule has 1 aromatic carbocycles. The molecule has 3 amide bonds. The van der Waals surface area contributed by atoms with Crippen LogP contribution in [0.2, 0.25) is 0 Å². The highest BCUT2D eigenvalue weighted by molar-refractivity contribution is 5.80. The number of carbonyl (C=O) groups is 6. The standard InChI is InChI=1S/C14H20N2O3.C11H22N2O3.C8H15NO3/c1-12(17)8-9-16(19)14(18)11-15(2)10-13-6-4-3-5-7-13;1-4-5-7-12(3)9-11(15)13(16)8-6-10(2)14;1-3-4-8(11)9(12)6-5-7(2)10/h3-7,19H,8-11H2,1-2H3;16H,4-9H2,1-3H3;12H,3-6H2,1-2H3. The molecule has 0 radical (unpaired) electrons. The SMILES string of the molecule is CC(=O)CCN(O)C(=O)CN(C)Cc1ccccc1.CCCC(=O)N(O)CCC(C)=O.CCCCN(C)CC(=O)N(O)CCC(C)=O. The Kier molecular flexibility index (Phi) is 26.7. The summed E-state index contributed by atoms with van der Waals surface area (Å²) in [6.45, 7) is 10.2. The Morgan fingerprint density at radius 3 is 1.34 bits per heavy atom. The van der Waals surface area contributed by atoms with E-state index in [1.165, 1.54) is 20.8 Å². The molecule has 0 fully saturated rings. The first kappa shape index (κ1) is 45.6. The monoisotopic (exact) mass is 667 g/mol. The Hall–Kier alpha value is -3.56. The van der Waals surface area contributed by atoms with Crippen LogP contribution in [-0.4, -0.2) is 129 Å². The van der Waals surface area contributed by atoms with Gasteiger partial charge < -0.3 is 0 Å². The quantitative estimate of drug-likeness (QED) is 0.137. The molecular weight excluding hydrogens is 610 g/mol. The molecule has 0 aliphatic rings. The number of carbonyl (C=O) groups excluding carboxylic acids is 6. The lowest BCUT2D eigenvalue weighted by molar-refractivity contribution is -0.167. The number of amides is 3. The number of hydrogen-bond acceptors (Lipinski definition) is 11. The van der Waals surface area contributed by atoms with E-state index in [4.69, 9.17) is 5.21 Å². The van der Waals surface area contributed by atoms with Gasteiger partial charge in [-0.05, 0) is 59.8 Å². The molecule has 1 rings (SSSR count). The van der Waals surface area contributed by atoms with E-state index in [1.54, 1.807) is 0 Å². The van der Waals surface area contributed by atoms with Gasteiger partial charge in [-0.15, -0.1) is 0 Å². The summed E-state index contributed by atoms with van der Waals surface area (Å²) in [5.41, 5.74) is 1.10. The van der Waals surface area contributed by atoms with Crippen molar-refractivity contribution in [3.05, 3.63) is 35.9 Å². The van der Waals surface area contributed by atoms with Gasteiger partial charge >= 0.3 is 0 Å². The summed E-state index contributed by atoms with van der Waals surface area (Å²) in [6.07, 6.45) is 3.72. The third-order valence-electron chi connectivity index (χ3n) is 6.35. The molecule has 3 N–H and O–H groups in total. The van der Waals surface area contributed by atoms with Crippen molar-refractivity contribution in [2.24, 2.45) is 0 Å². The minimum atomic E-state index is -0.403. The van der Waals surface area contributed by atoms with Crippen molar-refractivity contribution in [3.8, 4) is 0 Å². The van der Waals surface area contributed by atoms with E-state index in [0.717, 1.165) is 24.9 Å². The number of nitrogens with zero attached hydrogens (tertiary/aromatic N) is 5. The molecule has 0 aliphatic heterocycles. The second-order valence-electron chi connectivity index (χ2n) is 11.4. The largest absolute Gasteiger partial charge is 0.300 e. The highest BCUT2D eigenvalue weighted by Gasteiger charge is 2.15. The Bertz CT molecular complexity index is 1070. The summed E-state index contributed by atoms with van der Waals surface area (Å²) < 4.78 is 0. The van der Waals surface area contributed by atoms with Crippen LogP contribution in [0.5, 0.6) is 0 Å². The fourth-order valence-electron chi connectivity index (χ4n) is 3.59. The topological polar surface area (TPSA) is 179 Å². The number of benzene rings is 1. The van der Waals surface area contributed by atoms with Crippen LogP contribution in [0.25, 0.3) is 0 Å². The van der Waals surface area contributed by atoms with E-state index in [0.29, 0.717) is 34.6 Å². The number of unbranched alkanes of at least 4 members (excludes halogenated alkanes) is 1. The van der Waals surface area contributed by atoms with Gasteiger partial charge in [-0.25, -0.2) is 15.2 Å². The maximum absolute atomic E-state index is 11.7. The fraction of sp³-hybridized carbons (Fsp3) is 0.636. The zero-order valence-electron chi connectivity index (χ0n) is 29.3. The number of rotatable bonds is 20. The summed E-state index contributed by atoms with van der Waals surface area (Å²) in [7, 11) is 3.65. The average Bonchev–Trinajstić information content (AvgIpc) is 3.01. The first-order valence-electron chi connectivity index (χ1n) is 15.9. The molecule has 0 bridgehead atoms. The van der Waals surface area contributed by atoms with Crippen molar-refractivity contribution in [2.75, 3.05) is 53.4 Å². The van der Waals surface area contributed by atoms with Crippen molar-refractivity contribution in [1.82, 2.24) is 25.0 Å². The van der Waals surface area contributed by atoms with Gasteiger partial charge in [-0.2, -0.15) is 0 Å². The molecule has 268 valence electrons. The molecule has 0 aromatic heterocycles. The number of hydrogen-bond donors (Lipinski definition) is 3. The number of ketones is 3. The van der Waals surface area contributed by atoms with Crippen molar-refractivity contribution >= 4 is 35.1 Å². The highest BCUT2D eigenvalue weighted by Crippen LogP contribution is 2.03. The Morgan fingerprint density at radius 2 is 0.957 bits per heavy atom. The van der Waals surface area contributed by atoms with Gasteiger partial charge in [0.1, 0.15) is 17.3 Å². The van der Waals surface area contributed by atoms with E-state index in [2.05, 4.69) is 6.92 Å². The molecule has 1 aromatic rings. The first-order valence-corrected chi connectivity index (χ1v) is 15.9. The van der Waals surface area contributed by atoms with E-state index < -0.39 is 5.91 Å². The lowest BCUT2D eigenvalue weighted by atomic mass is 10.2. The minimum Gasteiger partial charge on any atom is -0.300 e. The van der Waals surface area contributed by atoms with Gasteiger partial charge in [0.05, 0.1) is 32.7 Å². The van der Waals surface area contributed by atoms with Crippen LogP contribution in [0, 0.1) is 0 Å². The normalized spacial score (nSPS) is 10.3. The van der Waals surface area contributed by atoms with Crippen molar-refractivity contribution < 1.29 is 44.4 Å². The molecule has 0 saturated heterocycles. The summed E-state index contributed by atoms with van der Waals surface area (Å²) >= 11 is 0. The third kappa shape index (κ3) is 27.3. The summed E-state index contributed by atoms with van der Waals surface area (Å²) in [5.74, 6) is -1.20. The van der Waals surface area contributed by atoms with Gasteiger partial charge in [0.25, 0.3) is 11.8 Å². The predicted octanol–water partition coefficient (Wildman–Crippen LogP) is 3.21. The van der Waals surface area contributed by atoms with Crippen LogP contribution >= 0.6 is 0 Å². The molecule has 0 saturated carbocycles. The van der Waals surface area contributed by atoms with Gasteiger partial charge in [-0.3, -0.25) is 54.2 Å². The molecule has 0 heterocycles. The highest BCUT2D eigenvalue weighted by atomic mass is 16.5.